The first-order valence-corrected chi connectivity index (χ1v) is 9.41. The third-order valence-corrected chi connectivity index (χ3v) is 6.13. The molecule has 2 aromatic rings. The minimum Gasteiger partial charge on any atom is -0.329 e. The molecule has 0 aliphatic heterocycles. The normalized spacial score (nSPS) is 14.2. The standard InChI is InChI=1S/C18H22N2O2S/c19-11-12-20(14-15-5-2-1-3-6-15)23(21,22)18-10-9-16-7-4-8-17(16)13-18/h1-3,5-6,9-10,13H,4,7-8,11-12,14,19H2. The van der Waals surface area contributed by atoms with Crippen molar-refractivity contribution < 1.29 is 8.42 Å². The zero-order valence-corrected chi connectivity index (χ0v) is 13.9. The van der Waals surface area contributed by atoms with Gasteiger partial charge in [0.25, 0.3) is 0 Å². The number of sulfonamides is 1. The molecular weight excluding hydrogens is 308 g/mol. The Morgan fingerprint density at radius 1 is 1.00 bits per heavy atom. The second kappa shape index (κ2) is 6.83. The first-order chi connectivity index (χ1) is 11.1. The van der Waals surface area contributed by atoms with Crippen LogP contribution < -0.4 is 5.73 Å². The number of nitrogens with two attached hydrogens (primary N) is 1. The van der Waals surface area contributed by atoms with Gasteiger partial charge >= 0.3 is 0 Å². The van der Waals surface area contributed by atoms with Gasteiger partial charge < -0.3 is 5.73 Å². The van der Waals surface area contributed by atoms with Crippen LogP contribution in [0.15, 0.2) is 53.4 Å². The fraction of sp³-hybridized carbons (Fsp3) is 0.333. The van der Waals surface area contributed by atoms with Crippen LogP contribution in [-0.4, -0.2) is 25.8 Å². The van der Waals surface area contributed by atoms with Gasteiger partial charge in [-0.25, -0.2) is 8.42 Å². The summed E-state index contributed by atoms with van der Waals surface area (Å²) in [6.45, 7) is 0.961. The van der Waals surface area contributed by atoms with Gasteiger partial charge in [0, 0.05) is 19.6 Å². The number of rotatable bonds is 6. The summed E-state index contributed by atoms with van der Waals surface area (Å²) in [5, 5.41) is 0. The number of hydrogen-bond donors (Lipinski definition) is 1. The Bertz CT molecular complexity index is 773. The van der Waals surface area contributed by atoms with Crippen molar-refractivity contribution >= 4 is 10.0 Å². The zero-order chi connectivity index (χ0) is 16.3. The molecule has 5 heteroatoms. The van der Waals surface area contributed by atoms with Gasteiger partial charge in [0.05, 0.1) is 4.90 Å². The van der Waals surface area contributed by atoms with Gasteiger partial charge in [-0.2, -0.15) is 4.31 Å². The SMILES string of the molecule is NCCN(Cc1ccccc1)S(=O)(=O)c1ccc2c(c1)CCC2. The number of hydrogen-bond acceptors (Lipinski definition) is 3. The number of fused-ring (bicyclic) bond motifs is 1. The van der Waals surface area contributed by atoms with Crippen LogP contribution in [0, 0.1) is 0 Å². The molecule has 0 amide bonds. The van der Waals surface area contributed by atoms with E-state index in [1.54, 1.807) is 6.07 Å². The van der Waals surface area contributed by atoms with Gasteiger partial charge in [-0.1, -0.05) is 36.4 Å². The highest BCUT2D eigenvalue weighted by Gasteiger charge is 2.25. The largest absolute Gasteiger partial charge is 0.329 e. The highest BCUT2D eigenvalue weighted by Crippen LogP contribution is 2.26. The van der Waals surface area contributed by atoms with Gasteiger partial charge in [-0.3, -0.25) is 0 Å². The molecule has 122 valence electrons. The highest BCUT2D eigenvalue weighted by atomic mass is 32.2. The lowest BCUT2D eigenvalue weighted by Gasteiger charge is -2.22. The molecule has 1 aliphatic rings. The maximum atomic E-state index is 13.0. The molecule has 0 radical (unpaired) electrons. The molecule has 0 saturated heterocycles. The monoisotopic (exact) mass is 330 g/mol. The number of nitrogens with zero attached hydrogens (tertiary/aromatic N) is 1. The quantitative estimate of drug-likeness (QED) is 0.884. The first kappa shape index (κ1) is 16.2. The predicted octanol–water partition coefficient (Wildman–Crippen LogP) is 2.32. The van der Waals surface area contributed by atoms with Gasteiger partial charge in [0.2, 0.25) is 10.0 Å². The van der Waals surface area contributed by atoms with E-state index in [9.17, 15) is 8.42 Å². The van der Waals surface area contributed by atoms with E-state index in [1.807, 2.05) is 42.5 Å². The van der Waals surface area contributed by atoms with Crippen molar-refractivity contribution in [2.75, 3.05) is 13.1 Å². The predicted molar refractivity (Wildman–Crippen MR) is 91.6 cm³/mol. The van der Waals surface area contributed by atoms with Crippen molar-refractivity contribution in [1.29, 1.82) is 0 Å². The molecule has 3 rings (SSSR count). The Labute approximate surface area is 138 Å². The molecule has 0 spiro atoms. The molecule has 2 N–H and O–H groups in total. The summed E-state index contributed by atoms with van der Waals surface area (Å²) >= 11 is 0. The van der Waals surface area contributed by atoms with Gasteiger partial charge in [-0.05, 0) is 48.1 Å². The zero-order valence-electron chi connectivity index (χ0n) is 13.1. The first-order valence-electron chi connectivity index (χ1n) is 7.97. The molecule has 0 fully saturated rings. The van der Waals surface area contributed by atoms with Crippen molar-refractivity contribution in [2.45, 2.75) is 30.7 Å². The van der Waals surface area contributed by atoms with Crippen molar-refractivity contribution in [3.63, 3.8) is 0 Å². The lowest BCUT2D eigenvalue weighted by Crippen LogP contribution is -2.35. The summed E-state index contributed by atoms with van der Waals surface area (Å²) in [7, 11) is -3.53. The van der Waals surface area contributed by atoms with E-state index >= 15 is 0 Å². The molecule has 4 nitrogen and oxygen atoms in total. The Kier molecular flexibility index (Phi) is 4.80. The summed E-state index contributed by atoms with van der Waals surface area (Å²) in [5.74, 6) is 0. The lowest BCUT2D eigenvalue weighted by atomic mass is 10.1. The van der Waals surface area contributed by atoms with Crippen LogP contribution in [0.3, 0.4) is 0 Å². The molecule has 0 saturated carbocycles. The van der Waals surface area contributed by atoms with Crippen LogP contribution in [0.25, 0.3) is 0 Å². The fourth-order valence-electron chi connectivity index (χ4n) is 3.07. The summed E-state index contributed by atoms with van der Waals surface area (Å²) in [5.41, 5.74) is 9.05. The second-order valence-electron chi connectivity index (χ2n) is 5.90. The summed E-state index contributed by atoms with van der Waals surface area (Å²) in [6, 6.07) is 15.1. The fourth-order valence-corrected chi connectivity index (χ4v) is 4.57. The topological polar surface area (TPSA) is 63.4 Å². The molecule has 0 unspecified atom stereocenters. The maximum Gasteiger partial charge on any atom is 0.243 e. The third kappa shape index (κ3) is 3.47. The molecule has 1 aliphatic carbocycles. The average molecular weight is 330 g/mol. The van der Waals surface area contributed by atoms with Gasteiger partial charge in [-0.15, -0.1) is 0 Å². The molecule has 23 heavy (non-hydrogen) atoms. The summed E-state index contributed by atoms with van der Waals surface area (Å²) in [4.78, 5) is 0.377. The average Bonchev–Trinajstić information content (AvgIpc) is 3.03. The lowest BCUT2D eigenvalue weighted by molar-refractivity contribution is 0.414. The van der Waals surface area contributed by atoms with Crippen LogP contribution in [0.2, 0.25) is 0 Å². The van der Waals surface area contributed by atoms with E-state index in [4.69, 9.17) is 5.73 Å². The summed E-state index contributed by atoms with van der Waals surface area (Å²) in [6.07, 6.45) is 3.12. The van der Waals surface area contributed by atoms with Crippen molar-refractivity contribution in [3.05, 3.63) is 65.2 Å². The van der Waals surface area contributed by atoms with Crippen molar-refractivity contribution in [2.24, 2.45) is 5.73 Å². The molecule has 0 atom stereocenters. The number of benzene rings is 2. The van der Waals surface area contributed by atoms with E-state index in [0.29, 0.717) is 24.5 Å². The molecule has 2 aromatic carbocycles. The Balaban J connectivity index is 1.91. The number of aryl methyl sites for hydroxylation is 2. The van der Waals surface area contributed by atoms with Crippen LogP contribution in [-0.2, 0) is 29.4 Å². The molecular formula is C18H22N2O2S. The smallest absolute Gasteiger partial charge is 0.243 e. The minimum atomic E-state index is -3.53. The van der Waals surface area contributed by atoms with Crippen molar-refractivity contribution in [3.8, 4) is 0 Å². The van der Waals surface area contributed by atoms with E-state index < -0.39 is 10.0 Å². The molecule has 0 heterocycles. The molecule has 0 bridgehead atoms. The van der Waals surface area contributed by atoms with E-state index in [0.717, 1.165) is 24.8 Å². The van der Waals surface area contributed by atoms with Crippen LogP contribution in [0.4, 0.5) is 0 Å². The van der Waals surface area contributed by atoms with E-state index in [2.05, 4.69) is 0 Å². The van der Waals surface area contributed by atoms with Crippen molar-refractivity contribution in [1.82, 2.24) is 4.31 Å². The van der Waals surface area contributed by atoms with Crippen LogP contribution in [0.1, 0.15) is 23.1 Å². The Hall–Kier alpha value is -1.69. The van der Waals surface area contributed by atoms with Crippen LogP contribution >= 0.6 is 0 Å². The summed E-state index contributed by atoms with van der Waals surface area (Å²) < 4.78 is 27.5. The second-order valence-corrected chi connectivity index (χ2v) is 7.83. The minimum absolute atomic E-state index is 0.303. The van der Waals surface area contributed by atoms with E-state index in [-0.39, 0.29) is 0 Å². The van der Waals surface area contributed by atoms with Gasteiger partial charge in [0.15, 0.2) is 0 Å². The van der Waals surface area contributed by atoms with Gasteiger partial charge in [0.1, 0.15) is 0 Å². The maximum absolute atomic E-state index is 13.0. The third-order valence-electron chi connectivity index (χ3n) is 4.29. The highest BCUT2D eigenvalue weighted by molar-refractivity contribution is 7.89. The Morgan fingerprint density at radius 2 is 1.74 bits per heavy atom. The Morgan fingerprint density at radius 3 is 2.48 bits per heavy atom. The molecule has 0 aromatic heterocycles. The van der Waals surface area contributed by atoms with E-state index in [1.165, 1.54) is 15.4 Å². The van der Waals surface area contributed by atoms with Crippen LogP contribution in [0.5, 0.6) is 0 Å².